The highest BCUT2D eigenvalue weighted by Crippen LogP contribution is 2.24. The number of hydrogen-bond acceptors (Lipinski definition) is 8. The smallest absolute Gasteiger partial charge is 0.309 e. The van der Waals surface area contributed by atoms with Crippen molar-refractivity contribution in [2.24, 2.45) is 17.3 Å². The molecule has 1 aromatic heterocycles. The highest BCUT2D eigenvalue weighted by atomic mass is 32.1. The van der Waals surface area contributed by atoms with Crippen LogP contribution in [0.5, 0.6) is 0 Å². The summed E-state index contributed by atoms with van der Waals surface area (Å²) in [6, 6.07) is 6.88. The van der Waals surface area contributed by atoms with Gasteiger partial charge in [-0.3, -0.25) is 33.8 Å². The molecule has 1 unspecified atom stereocenters. The number of nitrogens with zero attached hydrogens (tertiary/aromatic N) is 1. The Morgan fingerprint density at radius 1 is 1.02 bits per heavy atom. The van der Waals surface area contributed by atoms with Crippen LogP contribution in [0.15, 0.2) is 42.0 Å². The number of amides is 2. The van der Waals surface area contributed by atoms with Crippen molar-refractivity contribution < 1.29 is 33.9 Å². The average molecular weight is 586 g/mol. The Hall–Kier alpha value is -3.73. The van der Waals surface area contributed by atoms with Gasteiger partial charge in [0.15, 0.2) is 5.78 Å². The van der Waals surface area contributed by atoms with Crippen molar-refractivity contribution in [3.8, 4) is 0 Å². The number of Topliss-reactive ketones (excluding diaryl/α,β-unsaturated/α-hetero) is 3. The van der Waals surface area contributed by atoms with Crippen LogP contribution < -0.4 is 10.6 Å². The number of ketones is 3. The molecule has 2 amide bonds. The van der Waals surface area contributed by atoms with E-state index in [9.17, 15) is 33.9 Å². The fraction of sp³-hybridized carbons (Fsp3) is 0.500. The van der Waals surface area contributed by atoms with Gasteiger partial charge in [-0.15, -0.1) is 11.3 Å². The van der Waals surface area contributed by atoms with E-state index in [1.54, 1.807) is 18.6 Å². The zero-order valence-corrected chi connectivity index (χ0v) is 25.0. The Labute approximate surface area is 244 Å². The number of nitrogens with one attached hydrogen (secondary N) is 2. The van der Waals surface area contributed by atoms with Crippen LogP contribution in [0.4, 0.5) is 0 Å². The lowest BCUT2D eigenvalue weighted by Crippen LogP contribution is -2.53. The summed E-state index contributed by atoms with van der Waals surface area (Å²) in [4.78, 5) is 81.1. The first kappa shape index (κ1) is 33.5. The second kappa shape index (κ2) is 15.3. The van der Waals surface area contributed by atoms with Crippen molar-refractivity contribution in [1.29, 1.82) is 0 Å². The molecule has 0 fully saturated rings. The Morgan fingerprint density at radius 3 is 2.24 bits per heavy atom. The van der Waals surface area contributed by atoms with Crippen LogP contribution >= 0.6 is 11.3 Å². The minimum absolute atomic E-state index is 0.0598. The Morgan fingerprint density at radius 2 is 1.68 bits per heavy atom. The van der Waals surface area contributed by atoms with Crippen molar-refractivity contribution >= 4 is 46.5 Å². The van der Waals surface area contributed by atoms with Crippen LogP contribution in [0.3, 0.4) is 0 Å². The third-order valence-electron chi connectivity index (χ3n) is 7.04. The van der Waals surface area contributed by atoms with E-state index in [1.807, 2.05) is 37.3 Å². The van der Waals surface area contributed by atoms with E-state index in [1.165, 1.54) is 32.1 Å². The van der Waals surface area contributed by atoms with Crippen LogP contribution in [-0.2, 0) is 41.6 Å². The van der Waals surface area contributed by atoms with Gasteiger partial charge in [-0.25, -0.2) is 0 Å². The molecule has 3 N–H and O–H groups in total. The molecule has 1 heterocycles. The predicted molar refractivity (Wildman–Crippen MR) is 154 cm³/mol. The molecule has 222 valence electrons. The van der Waals surface area contributed by atoms with Crippen LogP contribution in [0.2, 0.25) is 0 Å². The lowest BCUT2D eigenvalue weighted by Gasteiger charge is -2.27. The first-order valence-electron chi connectivity index (χ1n) is 13.6. The molecule has 2 rings (SSSR count). The van der Waals surface area contributed by atoms with Crippen molar-refractivity contribution in [3.63, 3.8) is 0 Å². The molecule has 4 atom stereocenters. The standard InChI is InChI=1S/C30H39N3O7S/c1-6-18(2)25(24(35)15-30(4,5)29(39)40)33-28(38)26(36)19(3)32-27(37)21(14-23-16-31-17-41-23)13-22(34)12-20-10-8-7-9-11-20/h7-11,16-19,21,25H,6,12-15H2,1-5H3,(H,32,37)(H,33,38)(H,39,40)/t18-,19?,21-,25-/m0/s1. The van der Waals surface area contributed by atoms with Gasteiger partial charge in [-0.05, 0) is 38.7 Å². The summed E-state index contributed by atoms with van der Waals surface area (Å²) in [6.45, 7) is 7.73. The van der Waals surface area contributed by atoms with Gasteiger partial charge in [-0.1, -0.05) is 50.6 Å². The average Bonchev–Trinajstić information content (AvgIpc) is 3.43. The molecule has 0 spiro atoms. The summed E-state index contributed by atoms with van der Waals surface area (Å²) in [6.07, 6.45) is 2.14. The van der Waals surface area contributed by atoms with Crippen LogP contribution in [0.25, 0.3) is 0 Å². The second-order valence-electron chi connectivity index (χ2n) is 11.0. The highest BCUT2D eigenvalue weighted by Gasteiger charge is 2.37. The molecular formula is C30H39N3O7S. The largest absolute Gasteiger partial charge is 0.481 e. The van der Waals surface area contributed by atoms with Crippen molar-refractivity contribution in [1.82, 2.24) is 15.6 Å². The molecule has 0 aliphatic carbocycles. The van der Waals surface area contributed by atoms with Gasteiger partial charge in [0.05, 0.1) is 23.0 Å². The molecule has 0 aliphatic heterocycles. The number of rotatable bonds is 17. The van der Waals surface area contributed by atoms with E-state index in [0.29, 0.717) is 6.42 Å². The van der Waals surface area contributed by atoms with E-state index in [4.69, 9.17) is 0 Å². The van der Waals surface area contributed by atoms with Gasteiger partial charge >= 0.3 is 5.97 Å². The molecule has 2 aromatic rings. The van der Waals surface area contributed by atoms with Gasteiger partial charge in [0.2, 0.25) is 11.7 Å². The number of hydrogen-bond donors (Lipinski definition) is 3. The molecule has 0 saturated carbocycles. The van der Waals surface area contributed by atoms with E-state index < -0.39 is 52.8 Å². The van der Waals surface area contributed by atoms with Gasteiger partial charge in [-0.2, -0.15) is 0 Å². The number of carboxylic acids is 1. The second-order valence-corrected chi connectivity index (χ2v) is 12.0. The number of aliphatic carboxylic acids is 1. The quantitative estimate of drug-likeness (QED) is 0.239. The maximum absolute atomic E-state index is 13.2. The van der Waals surface area contributed by atoms with E-state index in [2.05, 4.69) is 15.6 Å². The highest BCUT2D eigenvalue weighted by molar-refractivity contribution is 7.09. The maximum atomic E-state index is 13.2. The monoisotopic (exact) mass is 585 g/mol. The topological polar surface area (TPSA) is 160 Å². The SMILES string of the molecule is CC[C@H](C)[C@H](NC(=O)C(=O)C(C)NC(=O)[C@@H](CC(=O)Cc1ccccc1)Cc1cncs1)C(=O)CC(C)(C)C(=O)O. The fourth-order valence-corrected chi connectivity index (χ4v) is 4.89. The van der Waals surface area contributed by atoms with Gasteiger partial charge in [0.1, 0.15) is 5.78 Å². The number of benzene rings is 1. The van der Waals surface area contributed by atoms with Crippen molar-refractivity contribution in [2.45, 2.75) is 78.8 Å². The summed E-state index contributed by atoms with van der Waals surface area (Å²) in [5.41, 5.74) is 1.11. The molecule has 10 nitrogen and oxygen atoms in total. The number of carbonyl (C=O) groups is 6. The summed E-state index contributed by atoms with van der Waals surface area (Å²) in [7, 11) is 0. The van der Waals surface area contributed by atoms with Gasteiger partial charge in [0.25, 0.3) is 5.91 Å². The Balaban J connectivity index is 2.09. The molecule has 0 saturated heterocycles. The van der Waals surface area contributed by atoms with Gasteiger partial charge in [0, 0.05) is 36.3 Å². The third-order valence-corrected chi connectivity index (χ3v) is 7.84. The third kappa shape index (κ3) is 10.3. The van der Waals surface area contributed by atoms with Crippen molar-refractivity contribution in [2.75, 3.05) is 0 Å². The normalized spacial score (nSPS) is 14.3. The molecule has 0 radical (unpaired) electrons. The van der Waals surface area contributed by atoms with Crippen LogP contribution in [0.1, 0.15) is 64.3 Å². The van der Waals surface area contributed by atoms with E-state index in [0.717, 1.165) is 10.4 Å². The summed E-state index contributed by atoms with van der Waals surface area (Å²) in [5, 5.41) is 14.4. The van der Waals surface area contributed by atoms with Gasteiger partial charge < -0.3 is 15.7 Å². The zero-order chi connectivity index (χ0) is 30.7. The first-order valence-corrected chi connectivity index (χ1v) is 14.5. The molecule has 41 heavy (non-hydrogen) atoms. The zero-order valence-electron chi connectivity index (χ0n) is 24.1. The molecule has 1 aromatic carbocycles. The lowest BCUT2D eigenvalue weighted by atomic mass is 9.82. The van der Waals surface area contributed by atoms with E-state index >= 15 is 0 Å². The molecular weight excluding hydrogens is 546 g/mol. The van der Waals surface area contributed by atoms with Crippen LogP contribution in [0, 0.1) is 17.3 Å². The predicted octanol–water partition coefficient (Wildman–Crippen LogP) is 3.18. The fourth-order valence-electron chi connectivity index (χ4n) is 4.22. The molecule has 0 aliphatic rings. The number of carbonyl (C=O) groups excluding carboxylic acids is 5. The Kier molecular flexibility index (Phi) is 12.5. The van der Waals surface area contributed by atoms with Crippen LogP contribution in [-0.4, -0.2) is 57.3 Å². The molecule has 0 bridgehead atoms. The number of thiazole rings is 1. The Bertz CT molecular complexity index is 1230. The lowest BCUT2D eigenvalue weighted by molar-refractivity contribution is -0.150. The maximum Gasteiger partial charge on any atom is 0.309 e. The number of carboxylic acid groups (broad SMARTS) is 1. The minimum atomic E-state index is -1.34. The summed E-state index contributed by atoms with van der Waals surface area (Å²) < 4.78 is 0. The molecule has 11 heteroatoms. The first-order chi connectivity index (χ1) is 19.2. The minimum Gasteiger partial charge on any atom is -0.481 e. The number of aromatic nitrogens is 1. The van der Waals surface area contributed by atoms with Crippen molar-refractivity contribution in [3.05, 3.63) is 52.5 Å². The summed E-state index contributed by atoms with van der Waals surface area (Å²) in [5.74, 6) is -5.48. The summed E-state index contributed by atoms with van der Waals surface area (Å²) >= 11 is 1.35. The van der Waals surface area contributed by atoms with E-state index in [-0.39, 0.29) is 37.4 Å².